The Balaban J connectivity index is 4.59. The van der Waals surface area contributed by atoms with Crippen LogP contribution in [0.2, 0.25) is 0 Å². The first-order chi connectivity index (χ1) is 6.39. The van der Waals surface area contributed by atoms with Crippen LogP contribution in [0.4, 0.5) is 0 Å². The van der Waals surface area contributed by atoms with Gasteiger partial charge in [-0.2, -0.15) is 0 Å². The van der Waals surface area contributed by atoms with Crippen LogP contribution in [-0.2, 0) is 4.79 Å². The van der Waals surface area contributed by atoms with Gasteiger partial charge in [-0.3, -0.25) is 10.1 Å². The minimum absolute atomic E-state index is 0.228. The molecule has 2 N–H and O–H groups in total. The minimum atomic E-state index is -0.746. The highest BCUT2D eigenvalue weighted by molar-refractivity contribution is 5.78. The first kappa shape index (κ1) is 13.4. The quantitative estimate of drug-likeness (QED) is 0.693. The van der Waals surface area contributed by atoms with Gasteiger partial charge >= 0.3 is 5.97 Å². The number of aliphatic carboxylic acids is 1. The molecule has 0 saturated carbocycles. The van der Waals surface area contributed by atoms with Crippen molar-refractivity contribution in [3.63, 3.8) is 0 Å². The number of carbonyl (C=O) groups is 1. The molecular formula is C11H23NO2. The van der Waals surface area contributed by atoms with E-state index in [1.165, 1.54) is 0 Å². The fourth-order valence-corrected chi connectivity index (χ4v) is 1.42. The van der Waals surface area contributed by atoms with Crippen molar-refractivity contribution in [3.05, 3.63) is 0 Å². The van der Waals surface area contributed by atoms with Crippen LogP contribution in [0.1, 0.15) is 47.5 Å². The zero-order valence-electron chi connectivity index (χ0n) is 9.92. The third kappa shape index (κ3) is 2.98. The highest BCUT2D eigenvalue weighted by Gasteiger charge is 2.35. The summed E-state index contributed by atoms with van der Waals surface area (Å²) < 4.78 is 0. The van der Waals surface area contributed by atoms with Crippen molar-refractivity contribution < 1.29 is 9.90 Å². The van der Waals surface area contributed by atoms with E-state index in [2.05, 4.69) is 19.2 Å². The van der Waals surface area contributed by atoms with Crippen LogP contribution >= 0.6 is 0 Å². The van der Waals surface area contributed by atoms with Gasteiger partial charge in [0.2, 0.25) is 0 Å². The van der Waals surface area contributed by atoms with Crippen LogP contribution in [0.25, 0.3) is 0 Å². The molecule has 3 nitrogen and oxygen atoms in total. The summed E-state index contributed by atoms with van der Waals surface area (Å²) in [6, 6.07) is 0.228. The monoisotopic (exact) mass is 201 g/mol. The molecule has 0 amide bonds. The van der Waals surface area contributed by atoms with Crippen LogP contribution in [0.15, 0.2) is 0 Å². The number of carboxylic acids is 1. The fourth-order valence-electron chi connectivity index (χ4n) is 1.42. The van der Waals surface area contributed by atoms with Gasteiger partial charge in [-0.15, -0.1) is 0 Å². The van der Waals surface area contributed by atoms with Gasteiger partial charge < -0.3 is 5.11 Å². The molecule has 0 aromatic rings. The third-order valence-corrected chi connectivity index (χ3v) is 3.12. The van der Waals surface area contributed by atoms with Crippen molar-refractivity contribution in [1.82, 2.24) is 5.32 Å². The molecule has 0 rings (SSSR count). The first-order valence-corrected chi connectivity index (χ1v) is 5.40. The Morgan fingerprint density at radius 3 is 1.93 bits per heavy atom. The van der Waals surface area contributed by atoms with Crippen LogP contribution in [0, 0.1) is 5.92 Å². The van der Waals surface area contributed by atoms with Gasteiger partial charge in [-0.1, -0.05) is 27.7 Å². The molecule has 1 unspecified atom stereocenters. The average Bonchev–Trinajstić information content (AvgIpc) is 2.13. The van der Waals surface area contributed by atoms with Gasteiger partial charge in [-0.05, 0) is 25.7 Å². The molecule has 0 radical (unpaired) electrons. The number of rotatable bonds is 6. The maximum atomic E-state index is 11.2. The summed E-state index contributed by atoms with van der Waals surface area (Å²) in [4.78, 5) is 11.2. The second kappa shape index (κ2) is 5.35. The van der Waals surface area contributed by atoms with E-state index in [-0.39, 0.29) is 6.04 Å². The molecule has 1 atom stereocenters. The molecule has 0 aromatic carbocycles. The largest absolute Gasteiger partial charge is 0.480 e. The molecule has 0 aliphatic rings. The molecule has 84 valence electrons. The van der Waals surface area contributed by atoms with Crippen LogP contribution < -0.4 is 5.32 Å². The summed E-state index contributed by atoms with van der Waals surface area (Å²) in [7, 11) is 0. The van der Waals surface area contributed by atoms with Gasteiger partial charge in [0.05, 0.1) is 0 Å². The predicted octanol–water partition coefficient (Wildman–Crippen LogP) is 2.26. The number of carboxylic acid groups (broad SMARTS) is 1. The molecule has 14 heavy (non-hydrogen) atoms. The van der Waals surface area contributed by atoms with E-state index in [0.717, 1.165) is 0 Å². The highest BCUT2D eigenvalue weighted by atomic mass is 16.4. The Bertz CT molecular complexity index is 186. The minimum Gasteiger partial charge on any atom is -0.480 e. The van der Waals surface area contributed by atoms with Crippen LogP contribution in [-0.4, -0.2) is 22.7 Å². The second-order valence-electron chi connectivity index (χ2n) is 4.27. The summed E-state index contributed by atoms with van der Waals surface area (Å²) in [6.07, 6.45) is 1.24. The Labute approximate surface area is 86.9 Å². The van der Waals surface area contributed by atoms with Crippen molar-refractivity contribution in [2.24, 2.45) is 5.92 Å². The number of hydrogen-bond acceptors (Lipinski definition) is 2. The molecule has 0 aromatic heterocycles. The van der Waals surface area contributed by atoms with E-state index in [1.807, 2.05) is 20.8 Å². The van der Waals surface area contributed by atoms with Crippen molar-refractivity contribution in [2.45, 2.75) is 59.0 Å². The maximum Gasteiger partial charge on any atom is 0.323 e. The lowest BCUT2D eigenvalue weighted by molar-refractivity contribution is -0.145. The summed E-state index contributed by atoms with van der Waals surface area (Å²) in [6.45, 7) is 10.0. The normalized spacial score (nSPS) is 14.4. The average molecular weight is 201 g/mol. The lowest BCUT2D eigenvalue weighted by atomic mass is 9.90. The van der Waals surface area contributed by atoms with Gasteiger partial charge in [0.15, 0.2) is 0 Å². The molecule has 0 spiro atoms. The molecule has 0 heterocycles. The SMILES string of the molecule is CCC(CC)(NC(C)C(C)C)C(=O)O. The van der Waals surface area contributed by atoms with Crippen LogP contribution in [0.5, 0.6) is 0 Å². The van der Waals surface area contributed by atoms with E-state index in [4.69, 9.17) is 0 Å². The van der Waals surface area contributed by atoms with Gasteiger partial charge in [-0.25, -0.2) is 0 Å². The predicted molar refractivity (Wildman–Crippen MR) is 58.4 cm³/mol. The summed E-state index contributed by atoms with van der Waals surface area (Å²) >= 11 is 0. The Kier molecular flexibility index (Phi) is 5.13. The summed E-state index contributed by atoms with van der Waals surface area (Å²) in [5.41, 5.74) is -0.746. The maximum absolute atomic E-state index is 11.2. The Morgan fingerprint density at radius 1 is 1.29 bits per heavy atom. The smallest absolute Gasteiger partial charge is 0.323 e. The Morgan fingerprint density at radius 2 is 1.71 bits per heavy atom. The molecule has 0 saturated heterocycles. The number of nitrogens with one attached hydrogen (secondary N) is 1. The fraction of sp³-hybridized carbons (Fsp3) is 0.909. The molecular weight excluding hydrogens is 178 g/mol. The first-order valence-electron chi connectivity index (χ1n) is 5.40. The topological polar surface area (TPSA) is 49.3 Å². The van der Waals surface area contributed by atoms with Crippen molar-refractivity contribution >= 4 is 5.97 Å². The molecule has 0 bridgehead atoms. The highest BCUT2D eigenvalue weighted by Crippen LogP contribution is 2.18. The summed E-state index contributed by atoms with van der Waals surface area (Å²) in [5.74, 6) is -0.290. The van der Waals surface area contributed by atoms with E-state index < -0.39 is 11.5 Å². The van der Waals surface area contributed by atoms with Crippen LogP contribution in [0.3, 0.4) is 0 Å². The lowest BCUT2D eigenvalue weighted by Gasteiger charge is -2.33. The molecule has 0 aliphatic carbocycles. The molecule has 0 aliphatic heterocycles. The molecule has 3 heteroatoms. The number of hydrogen-bond donors (Lipinski definition) is 2. The van der Waals surface area contributed by atoms with Crippen molar-refractivity contribution in [2.75, 3.05) is 0 Å². The third-order valence-electron chi connectivity index (χ3n) is 3.12. The van der Waals surface area contributed by atoms with E-state index in [9.17, 15) is 9.90 Å². The Hall–Kier alpha value is -0.570. The lowest BCUT2D eigenvalue weighted by Crippen LogP contribution is -2.55. The van der Waals surface area contributed by atoms with E-state index in [0.29, 0.717) is 18.8 Å². The van der Waals surface area contributed by atoms with E-state index >= 15 is 0 Å². The van der Waals surface area contributed by atoms with Gasteiger partial charge in [0.25, 0.3) is 0 Å². The second-order valence-corrected chi connectivity index (χ2v) is 4.27. The zero-order valence-corrected chi connectivity index (χ0v) is 9.92. The summed E-state index contributed by atoms with van der Waals surface area (Å²) in [5, 5.41) is 12.4. The molecule has 0 fully saturated rings. The zero-order chi connectivity index (χ0) is 11.4. The van der Waals surface area contributed by atoms with Gasteiger partial charge in [0, 0.05) is 6.04 Å². The van der Waals surface area contributed by atoms with E-state index in [1.54, 1.807) is 0 Å². The van der Waals surface area contributed by atoms with Crippen molar-refractivity contribution in [3.8, 4) is 0 Å². The van der Waals surface area contributed by atoms with Crippen molar-refractivity contribution in [1.29, 1.82) is 0 Å². The standard InChI is InChI=1S/C11H23NO2/c1-6-11(7-2,10(13)14)12-9(5)8(3)4/h8-9,12H,6-7H2,1-5H3,(H,13,14). The van der Waals surface area contributed by atoms with Gasteiger partial charge in [0.1, 0.15) is 5.54 Å².